The molecule has 7 heteroatoms. The van der Waals surface area contributed by atoms with Crippen molar-refractivity contribution < 1.29 is 17.9 Å². The number of nitrogens with one attached hydrogen (secondary N) is 1. The van der Waals surface area contributed by atoms with Crippen molar-refractivity contribution in [1.29, 1.82) is 0 Å². The number of ether oxygens (including phenoxy) is 1. The summed E-state index contributed by atoms with van der Waals surface area (Å²) in [5.74, 6) is 0.972. The summed E-state index contributed by atoms with van der Waals surface area (Å²) in [6, 6.07) is 7.28. The largest absolute Gasteiger partial charge is 0.495 e. The summed E-state index contributed by atoms with van der Waals surface area (Å²) in [4.78, 5) is 14.2. The van der Waals surface area contributed by atoms with E-state index in [-0.39, 0.29) is 23.5 Å². The minimum absolute atomic E-state index is 0.0315. The number of carbonyl (C=O) groups excluding carboxylic acids is 1. The third-order valence-electron chi connectivity index (χ3n) is 4.14. The first-order valence-corrected chi connectivity index (χ1v) is 9.64. The normalized spacial score (nSPS) is 19.7. The number of para-hydroxylation sites is 2. The molecule has 6 nitrogen and oxygen atoms in total. The Bertz CT molecular complexity index is 645. The number of benzene rings is 1. The van der Waals surface area contributed by atoms with Crippen LogP contribution in [0.1, 0.15) is 19.8 Å². The van der Waals surface area contributed by atoms with E-state index >= 15 is 0 Å². The van der Waals surface area contributed by atoms with Gasteiger partial charge in [0.25, 0.3) is 0 Å². The van der Waals surface area contributed by atoms with Crippen molar-refractivity contribution in [1.82, 2.24) is 4.90 Å². The van der Waals surface area contributed by atoms with E-state index in [9.17, 15) is 13.2 Å². The molecule has 1 N–H and O–H groups in total. The van der Waals surface area contributed by atoms with Crippen LogP contribution in [0, 0.1) is 0 Å². The van der Waals surface area contributed by atoms with Crippen LogP contribution in [0.5, 0.6) is 5.75 Å². The average Bonchev–Trinajstić information content (AvgIpc) is 2.88. The summed E-state index contributed by atoms with van der Waals surface area (Å²) in [6.07, 6.45) is 0.979. The quantitative estimate of drug-likeness (QED) is 0.815. The van der Waals surface area contributed by atoms with Gasteiger partial charge in [-0.2, -0.15) is 0 Å². The molecule has 2 rings (SSSR count). The SMILES string of the molecule is CCN(CCC(=O)Nc1ccccc1OC)C1CCS(=O)(=O)C1. The van der Waals surface area contributed by atoms with Crippen molar-refractivity contribution >= 4 is 21.4 Å². The van der Waals surface area contributed by atoms with Gasteiger partial charge in [-0.15, -0.1) is 0 Å². The highest BCUT2D eigenvalue weighted by Gasteiger charge is 2.31. The molecule has 0 aliphatic carbocycles. The summed E-state index contributed by atoms with van der Waals surface area (Å²) in [6.45, 7) is 3.28. The lowest BCUT2D eigenvalue weighted by atomic mass is 10.2. The summed E-state index contributed by atoms with van der Waals surface area (Å²) in [7, 11) is -1.35. The zero-order valence-electron chi connectivity index (χ0n) is 13.6. The summed E-state index contributed by atoms with van der Waals surface area (Å²) < 4.78 is 28.4. The van der Waals surface area contributed by atoms with Gasteiger partial charge in [0.15, 0.2) is 9.84 Å². The number of anilines is 1. The molecule has 0 saturated carbocycles. The first kappa shape index (κ1) is 17.7. The number of carbonyl (C=O) groups is 1. The van der Waals surface area contributed by atoms with Crippen LogP contribution in [0.3, 0.4) is 0 Å². The van der Waals surface area contributed by atoms with Crippen molar-refractivity contribution in [3.8, 4) is 5.75 Å². The average molecular weight is 340 g/mol. The van der Waals surface area contributed by atoms with E-state index in [1.807, 2.05) is 19.1 Å². The number of rotatable bonds is 7. The molecular weight excluding hydrogens is 316 g/mol. The first-order valence-electron chi connectivity index (χ1n) is 7.82. The van der Waals surface area contributed by atoms with Gasteiger partial charge in [-0.3, -0.25) is 9.69 Å². The van der Waals surface area contributed by atoms with E-state index in [1.54, 1.807) is 19.2 Å². The van der Waals surface area contributed by atoms with Crippen LogP contribution < -0.4 is 10.1 Å². The minimum Gasteiger partial charge on any atom is -0.495 e. The van der Waals surface area contributed by atoms with Gasteiger partial charge in [0.1, 0.15) is 5.75 Å². The Kier molecular flexibility index (Phi) is 6.01. The van der Waals surface area contributed by atoms with Crippen molar-refractivity contribution in [3.05, 3.63) is 24.3 Å². The van der Waals surface area contributed by atoms with E-state index in [0.29, 0.717) is 30.8 Å². The highest BCUT2D eigenvalue weighted by atomic mass is 32.2. The predicted octanol–water partition coefficient (Wildman–Crippen LogP) is 1.53. The highest BCUT2D eigenvalue weighted by Crippen LogP contribution is 2.23. The molecule has 1 heterocycles. The lowest BCUT2D eigenvalue weighted by molar-refractivity contribution is -0.116. The van der Waals surface area contributed by atoms with Crippen LogP contribution in [0.4, 0.5) is 5.69 Å². The lowest BCUT2D eigenvalue weighted by Crippen LogP contribution is -2.38. The molecular formula is C16H24N2O4S. The second-order valence-electron chi connectivity index (χ2n) is 5.68. The molecule has 1 aromatic carbocycles. The minimum atomic E-state index is -2.91. The van der Waals surface area contributed by atoms with E-state index < -0.39 is 9.84 Å². The second kappa shape index (κ2) is 7.79. The van der Waals surface area contributed by atoms with Crippen LogP contribution in [0.2, 0.25) is 0 Å². The van der Waals surface area contributed by atoms with Gasteiger partial charge in [0, 0.05) is 19.0 Å². The van der Waals surface area contributed by atoms with Crippen LogP contribution >= 0.6 is 0 Å². The van der Waals surface area contributed by atoms with Gasteiger partial charge < -0.3 is 10.1 Å². The van der Waals surface area contributed by atoms with Gasteiger partial charge in [-0.05, 0) is 25.1 Å². The third-order valence-corrected chi connectivity index (χ3v) is 5.89. The molecule has 1 aromatic rings. The molecule has 0 bridgehead atoms. The number of methoxy groups -OCH3 is 1. The Morgan fingerprint density at radius 1 is 1.39 bits per heavy atom. The smallest absolute Gasteiger partial charge is 0.225 e. The topological polar surface area (TPSA) is 75.7 Å². The number of amides is 1. The summed E-state index contributed by atoms with van der Waals surface area (Å²) >= 11 is 0. The van der Waals surface area contributed by atoms with Gasteiger partial charge in [-0.1, -0.05) is 19.1 Å². The van der Waals surface area contributed by atoms with Crippen molar-refractivity contribution in [2.75, 3.05) is 37.0 Å². The molecule has 1 amide bonds. The molecule has 1 atom stereocenters. The fourth-order valence-corrected chi connectivity index (χ4v) is 4.63. The monoisotopic (exact) mass is 340 g/mol. The highest BCUT2D eigenvalue weighted by molar-refractivity contribution is 7.91. The molecule has 23 heavy (non-hydrogen) atoms. The molecule has 0 spiro atoms. The van der Waals surface area contributed by atoms with Gasteiger partial charge >= 0.3 is 0 Å². The number of nitrogens with zero attached hydrogens (tertiary/aromatic N) is 1. The first-order chi connectivity index (χ1) is 10.9. The zero-order valence-corrected chi connectivity index (χ0v) is 14.4. The van der Waals surface area contributed by atoms with Crippen LogP contribution in [0.15, 0.2) is 24.3 Å². The number of hydrogen-bond acceptors (Lipinski definition) is 5. The van der Waals surface area contributed by atoms with Crippen LogP contribution in [0.25, 0.3) is 0 Å². The Morgan fingerprint density at radius 3 is 2.74 bits per heavy atom. The van der Waals surface area contributed by atoms with E-state index in [2.05, 4.69) is 10.2 Å². The fraction of sp³-hybridized carbons (Fsp3) is 0.562. The van der Waals surface area contributed by atoms with Gasteiger partial charge in [0.05, 0.1) is 24.3 Å². The molecule has 1 aliphatic rings. The maximum Gasteiger partial charge on any atom is 0.225 e. The Balaban J connectivity index is 1.88. The van der Waals surface area contributed by atoms with Crippen LogP contribution in [-0.4, -0.2) is 57.0 Å². The molecule has 1 aliphatic heterocycles. The maximum atomic E-state index is 12.1. The molecule has 1 fully saturated rings. The van der Waals surface area contributed by atoms with Crippen molar-refractivity contribution in [2.24, 2.45) is 0 Å². The van der Waals surface area contributed by atoms with E-state index in [4.69, 9.17) is 4.74 Å². The molecule has 128 valence electrons. The molecule has 0 radical (unpaired) electrons. The maximum absolute atomic E-state index is 12.1. The zero-order chi connectivity index (χ0) is 16.9. The fourth-order valence-electron chi connectivity index (χ4n) is 2.87. The second-order valence-corrected chi connectivity index (χ2v) is 7.91. The van der Waals surface area contributed by atoms with Gasteiger partial charge in [-0.25, -0.2) is 8.42 Å². The van der Waals surface area contributed by atoms with Crippen molar-refractivity contribution in [3.63, 3.8) is 0 Å². The molecule has 1 unspecified atom stereocenters. The van der Waals surface area contributed by atoms with Crippen LogP contribution in [-0.2, 0) is 14.6 Å². The molecule has 1 saturated heterocycles. The van der Waals surface area contributed by atoms with Gasteiger partial charge in [0.2, 0.25) is 5.91 Å². The summed E-state index contributed by atoms with van der Waals surface area (Å²) in [5.41, 5.74) is 0.645. The van der Waals surface area contributed by atoms with E-state index in [1.165, 1.54) is 0 Å². The van der Waals surface area contributed by atoms with Crippen molar-refractivity contribution in [2.45, 2.75) is 25.8 Å². The van der Waals surface area contributed by atoms with E-state index in [0.717, 1.165) is 6.54 Å². The predicted molar refractivity (Wildman–Crippen MR) is 90.5 cm³/mol. The number of sulfone groups is 1. The molecule has 0 aromatic heterocycles. The third kappa shape index (κ3) is 4.94. The Morgan fingerprint density at radius 2 is 2.13 bits per heavy atom. The Hall–Kier alpha value is -1.60. The standard InChI is InChI=1S/C16H24N2O4S/c1-3-18(13-9-11-23(20,21)12-13)10-8-16(19)17-14-6-4-5-7-15(14)22-2/h4-7,13H,3,8-12H2,1-2H3,(H,17,19). The number of hydrogen-bond donors (Lipinski definition) is 1. The Labute approximate surface area is 137 Å². The summed E-state index contributed by atoms with van der Waals surface area (Å²) in [5, 5.41) is 2.84. The lowest BCUT2D eigenvalue weighted by Gasteiger charge is -2.26.